The second kappa shape index (κ2) is 6.05. The molecule has 21 heavy (non-hydrogen) atoms. The summed E-state index contributed by atoms with van der Waals surface area (Å²) in [5.74, 6) is 0.857. The van der Waals surface area contributed by atoms with Crippen LogP contribution in [0.4, 0.5) is 5.95 Å². The van der Waals surface area contributed by atoms with Crippen molar-refractivity contribution >= 4 is 11.9 Å². The smallest absolute Gasteiger partial charge is 0.273 e. The molecule has 2 aliphatic rings. The van der Waals surface area contributed by atoms with Crippen LogP contribution in [0, 0.1) is 0 Å². The van der Waals surface area contributed by atoms with Gasteiger partial charge in [0.25, 0.3) is 5.91 Å². The summed E-state index contributed by atoms with van der Waals surface area (Å²) in [7, 11) is 1.89. The second-order valence-corrected chi connectivity index (χ2v) is 6.03. The fraction of sp³-hybridized carbons (Fsp3) is 0.733. The zero-order valence-corrected chi connectivity index (χ0v) is 13.0. The summed E-state index contributed by atoms with van der Waals surface area (Å²) < 4.78 is 2.04. The highest BCUT2D eigenvalue weighted by Crippen LogP contribution is 2.19. The molecule has 1 N–H and O–H groups in total. The monoisotopic (exact) mass is 291 g/mol. The lowest BCUT2D eigenvalue weighted by Gasteiger charge is -2.27. The first-order valence-electron chi connectivity index (χ1n) is 7.99. The summed E-state index contributed by atoms with van der Waals surface area (Å²) in [5.41, 5.74) is 0.558. The molecular formula is C15H25N5O. The highest BCUT2D eigenvalue weighted by atomic mass is 16.2. The maximum absolute atomic E-state index is 12.5. The summed E-state index contributed by atoms with van der Waals surface area (Å²) in [6, 6.07) is 0.499. The average molecular weight is 291 g/mol. The highest BCUT2D eigenvalue weighted by molar-refractivity contribution is 5.92. The Morgan fingerprint density at radius 3 is 3.10 bits per heavy atom. The van der Waals surface area contributed by atoms with E-state index in [0.29, 0.717) is 11.7 Å². The SMILES string of the molecule is CCN1CCCC1CN(C)C(=O)c1cn2c(n1)NCCC2. The molecule has 0 spiro atoms. The van der Waals surface area contributed by atoms with Crippen molar-refractivity contribution in [2.24, 2.45) is 0 Å². The molecule has 116 valence electrons. The van der Waals surface area contributed by atoms with Crippen LogP contribution < -0.4 is 5.32 Å². The molecule has 3 heterocycles. The number of hydrogen-bond donors (Lipinski definition) is 1. The molecule has 1 amide bonds. The first-order chi connectivity index (χ1) is 10.2. The molecule has 1 unspecified atom stereocenters. The van der Waals surface area contributed by atoms with Crippen molar-refractivity contribution in [3.8, 4) is 0 Å². The third kappa shape index (κ3) is 2.90. The van der Waals surface area contributed by atoms with Gasteiger partial charge in [0, 0.05) is 38.9 Å². The standard InChI is InChI=1S/C15H25N5O/c1-3-19-8-4-6-12(19)10-18(2)14(21)13-11-20-9-5-7-16-15(20)17-13/h11-12H,3-10H2,1-2H3,(H,16,17). The minimum absolute atomic E-state index is 0.0293. The van der Waals surface area contributed by atoms with Crippen molar-refractivity contribution in [3.63, 3.8) is 0 Å². The van der Waals surface area contributed by atoms with E-state index in [1.165, 1.54) is 12.8 Å². The summed E-state index contributed by atoms with van der Waals surface area (Å²) in [6.45, 7) is 7.09. The number of hydrogen-bond acceptors (Lipinski definition) is 4. The van der Waals surface area contributed by atoms with Crippen LogP contribution in [-0.2, 0) is 6.54 Å². The van der Waals surface area contributed by atoms with Crippen LogP contribution in [0.15, 0.2) is 6.20 Å². The number of likely N-dealkylation sites (N-methyl/N-ethyl adjacent to an activating group) is 2. The van der Waals surface area contributed by atoms with Gasteiger partial charge in [0.2, 0.25) is 5.95 Å². The molecule has 1 fully saturated rings. The van der Waals surface area contributed by atoms with Gasteiger partial charge in [-0.05, 0) is 32.4 Å². The van der Waals surface area contributed by atoms with Crippen LogP contribution in [0.1, 0.15) is 36.7 Å². The van der Waals surface area contributed by atoms with Gasteiger partial charge in [-0.2, -0.15) is 0 Å². The van der Waals surface area contributed by atoms with Gasteiger partial charge in [-0.25, -0.2) is 4.98 Å². The van der Waals surface area contributed by atoms with Gasteiger partial charge in [-0.3, -0.25) is 9.69 Å². The van der Waals surface area contributed by atoms with Crippen LogP contribution in [-0.4, -0.2) is 64.5 Å². The first-order valence-corrected chi connectivity index (χ1v) is 7.99. The Morgan fingerprint density at radius 2 is 2.33 bits per heavy atom. The van der Waals surface area contributed by atoms with Crippen LogP contribution in [0.5, 0.6) is 0 Å². The van der Waals surface area contributed by atoms with E-state index in [1.54, 1.807) is 0 Å². The number of imidazole rings is 1. The average Bonchev–Trinajstić information content (AvgIpc) is 3.11. The number of amides is 1. The Bertz CT molecular complexity index is 489. The fourth-order valence-corrected chi connectivity index (χ4v) is 3.39. The van der Waals surface area contributed by atoms with Gasteiger partial charge in [0.1, 0.15) is 5.69 Å². The van der Waals surface area contributed by atoms with Gasteiger partial charge in [0.05, 0.1) is 0 Å². The Morgan fingerprint density at radius 1 is 1.48 bits per heavy atom. The molecule has 6 heteroatoms. The van der Waals surface area contributed by atoms with E-state index in [2.05, 4.69) is 22.1 Å². The lowest BCUT2D eigenvalue weighted by molar-refractivity contribution is 0.0749. The molecular weight excluding hydrogens is 266 g/mol. The Labute approximate surface area is 126 Å². The number of aromatic nitrogens is 2. The van der Waals surface area contributed by atoms with Gasteiger partial charge in [0.15, 0.2) is 0 Å². The van der Waals surface area contributed by atoms with Crippen molar-refractivity contribution < 1.29 is 4.79 Å². The van der Waals surface area contributed by atoms with Crippen molar-refractivity contribution in [2.75, 3.05) is 38.5 Å². The molecule has 1 saturated heterocycles. The highest BCUT2D eigenvalue weighted by Gasteiger charge is 2.27. The molecule has 1 aromatic rings. The molecule has 6 nitrogen and oxygen atoms in total. The van der Waals surface area contributed by atoms with Crippen molar-refractivity contribution in [2.45, 2.75) is 38.8 Å². The van der Waals surface area contributed by atoms with Crippen molar-refractivity contribution in [3.05, 3.63) is 11.9 Å². The number of rotatable bonds is 4. The summed E-state index contributed by atoms with van der Waals surface area (Å²) >= 11 is 0. The van der Waals surface area contributed by atoms with E-state index in [0.717, 1.165) is 45.1 Å². The Balaban J connectivity index is 1.65. The molecule has 0 radical (unpaired) electrons. The number of anilines is 1. The molecule has 3 rings (SSSR count). The van der Waals surface area contributed by atoms with Crippen molar-refractivity contribution in [1.29, 1.82) is 0 Å². The van der Waals surface area contributed by atoms with E-state index >= 15 is 0 Å². The predicted molar refractivity (Wildman–Crippen MR) is 82.6 cm³/mol. The van der Waals surface area contributed by atoms with Crippen molar-refractivity contribution in [1.82, 2.24) is 19.4 Å². The Kier molecular flexibility index (Phi) is 4.14. The lowest BCUT2D eigenvalue weighted by Crippen LogP contribution is -2.41. The Hall–Kier alpha value is -1.56. The summed E-state index contributed by atoms with van der Waals surface area (Å²) in [5, 5.41) is 3.24. The van der Waals surface area contributed by atoms with Gasteiger partial charge >= 0.3 is 0 Å². The molecule has 1 aromatic heterocycles. The molecule has 0 bridgehead atoms. The van der Waals surface area contributed by atoms with E-state index < -0.39 is 0 Å². The zero-order valence-electron chi connectivity index (χ0n) is 13.0. The number of likely N-dealkylation sites (tertiary alicyclic amines) is 1. The van der Waals surface area contributed by atoms with E-state index in [-0.39, 0.29) is 5.91 Å². The number of nitrogens with one attached hydrogen (secondary N) is 1. The van der Waals surface area contributed by atoms with Crippen LogP contribution >= 0.6 is 0 Å². The van der Waals surface area contributed by atoms with Crippen LogP contribution in [0.2, 0.25) is 0 Å². The second-order valence-electron chi connectivity index (χ2n) is 6.03. The maximum Gasteiger partial charge on any atom is 0.273 e. The minimum atomic E-state index is 0.0293. The minimum Gasteiger partial charge on any atom is -0.356 e. The van der Waals surface area contributed by atoms with Crippen LogP contribution in [0.3, 0.4) is 0 Å². The zero-order chi connectivity index (χ0) is 14.8. The predicted octanol–water partition coefficient (Wildman–Crippen LogP) is 1.25. The molecule has 2 aliphatic heterocycles. The number of carbonyl (C=O) groups is 1. The van der Waals surface area contributed by atoms with Gasteiger partial charge in [-0.15, -0.1) is 0 Å². The van der Waals surface area contributed by atoms with E-state index in [1.807, 2.05) is 22.7 Å². The first kappa shape index (κ1) is 14.4. The molecule has 0 aromatic carbocycles. The quantitative estimate of drug-likeness (QED) is 0.907. The lowest BCUT2D eigenvalue weighted by atomic mass is 10.2. The van der Waals surface area contributed by atoms with Gasteiger partial charge < -0.3 is 14.8 Å². The van der Waals surface area contributed by atoms with Gasteiger partial charge in [-0.1, -0.05) is 6.92 Å². The fourth-order valence-electron chi connectivity index (χ4n) is 3.39. The number of aryl methyl sites for hydroxylation is 1. The van der Waals surface area contributed by atoms with E-state index in [4.69, 9.17) is 0 Å². The number of carbonyl (C=O) groups excluding carboxylic acids is 1. The van der Waals surface area contributed by atoms with E-state index in [9.17, 15) is 4.79 Å². The topological polar surface area (TPSA) is 53.4 Å². The molecule has 0 aliphatic carbocycles. The molecule has 1 atom stereocenters. The maximum atomic E-state index is 12.5. The molecule has 0 saturated carbocycles. The largest absolute Gasteiger partial charge is 0.356 e. The summed E-state index contributed by atoms with van der Waals surface area (Å²) in [6.07, 6.45) is 5.39. The third-order valence-electron chi connectivity index (χ3n) is 4.59. The third-order valence-corrected chi connectivity index (χ3v) is 4.59. The normalized spacial score (nSPS) is 21.9. The number of nitrogens with zero attached hydrogens (tertiary/aromatic N) is 4. The van der Waals surface area contributed by atoms with Crippen LogP contribution in [0.25, 0.3) is 0 Å². The number of fused-ring (bicyclic) bond motifs is 1. The summed E-state index contributed by atoms with van der Waals surface area (Å²) in [4.78, 5) is 21.3.